The Morgan fingerprint density at radius 3 is 2.17 bits per heavy atom. The molecule has 0 bridgehead atoms. The SMILES string of the molecule is COc1ccc2c(c1NC(=O)CN)CCC=C2c1cc(OC)c(OC)c(OC)c1.Cl. The van der Waals surface area contributed by atoms with Crippen molar-refractivity contribution in [2.45, 2.75) is 12.8 Å². The number of hydrogen-bond donors (Lipinski definition) is 2. The second kappa shape index (κ2) is 10.2. The molecule has 0 aliphatic heterocycles. The van der Waals surface area contributed by atoms with Crippen LogP contribution >= 0.6 is 12.4 Å². The van der Waals surface area contributed by atoms with E-state index in [4.69, 9.17) is 24.7 Å². The predicted molar refractivity (Wildman–Crippen MR) is 119 cm³/mol. The number of anilines is 1. The van der Waals surface area contributed by atoms with Gasteiger partial charge < -0.3 is 30.0 Å². The summed E-state index contributed by atoms with van der Waals surface area (Å²) in [5.41, 5.74) is 10.1. The van der Waals surface area contributed by atoms with Gasteiger partial charge in [0.2, 0.25) is 11.7 Å². The first-order valence-corrected chi connectivity index (χ1v) is 9.28. The minimum absolute atomic E-state index is 0. The highest BCUT2D eigenvalue weighted by atomic mass is 35.5. The third kappa shape index (κ3) is 4.32. The van der Waals surface area contributed by atoms with Gasteiger partial charge in [-0.1, -0.05) is 12.1 Å². The molecule has 1 aliphatic rings. The van der Waals surface area contributed by atoms with E-state index in [9.17, 15) is 4.79 Å². The molecule has 0 spiro atoms. The van der Waals surface area contributed by atoms with E-state index < -0.39 is 0 Å². The van der Waals surface area contributed by atoms with Gasteiger partial charge in [0.05, 0.1) is 40.7 Å². The van der Waals surface area contributed by atoms with Crippen LogP contribution in [0.25, 0.3) is 5.57 Å². The average Bonchev–Trinajstić information content (AvgIpc) is 2.77. The van der Waals surface area contributed by atoms with Gasteiger partial charge in [0, 0.05) is 0 Å². The van der Waals surface area contributed by atoms with Gasteiger partial charge in [0.25, 0.3) is 0 Å². The van der Waals surface area contributed by atoms with Crippen LogP contribution in [-0.4, -0.2) is 40.9 Å². The van der Waals surface area contributed by atoms with Gasteiger partial charge in [0.1, 0.15) is 5.75 Å². The molecular weight excluding hydrogens is 408 g/mol. The van der Waals surface area contributed by atoms with E-state index in [1.807, 2.05) is 24.3 Å². The molecular formula is C22H27ClN2O5. The molecule has 0 fully saturated rings. The number of amides is 1. The number of halogens is 1. The Morgan fingerprint density at radius 2 is 1.63 bits per heavy atom. The molecule has 2 aromatic rings. The minimum Gasteiger partial charge on any atom is -0.495 e. The first kappa shape index (κ1) is 23.4. The molecule has 7 nitrogen and oxygen atoms in total. The highest BCUT2D eigenvalue weighted by Gasteiger charge is 2.23. The number of nitrogens with two attached hydrogens (primary N) is 1. The Hall–Kier alpha value is -2.90. The van der Waals surface area contributed by atoms with E-state index >= 15 is 0 Å². The van der Waals surface area contributed by atoms with Crippen molar-refractivity contribution in [2.75, 3.05) is 40.3 Å². The van der Waals surface area contributed by atoms with Crippen LogP contribution in [0.3, 0.4) is 0 Å². The highest BCUT2D eigenvalue weighted by Crippen LogP contribution is 2.44. The molecule has 3 rings (SSSR count). The number of carbonyl (C=O) groups is 1. The lowest BCUT2D eigenvalue weighted by atomic mass is 9.85. The summed E-state index contributed by atoms with van der Waals surface area (Å²) < 4.78 is 21.9. The minimum atomic E-state index is -0.263. The zero-order valence-electron chi connectivity index (χ0n) is 17.5. The van der Waals surface area contributed by atoms with Crippen molar-refractivity contribution in [3.8, 4) is 23.0 Å². The van der Waals surface area contributed by atoms with Gasteiger partial charge in [0.15, 0.2) is 11.5 Å². The molecule has 1 amide bonds. The Labute approximate surface area is 182 Å². The largest absolute Gasteiger partial charge is 0.495 e. The van der Waals surface area contributed by atoms with E-state index in [0.29, 0.717) is 28.7 Å². The van der Waals surface area contributed by atoms with Gasteiger partial charge in [-0.25, -0.2) is 0 Å². The number of methoxy groups -OCH3 is 4. The molecule has 2 aromatic carbocycles. The number of hydrogen-bond acceptors (Lipinski definition) is 6. The van der Waals surface area contributed by atoms with Gasteiger partial charge >= 0.3 is 0 Å². The van der Waals surface area contributed by atoms with E-state index in [1.54, 1.807) is 28.4 Å². The van der Waals surface area contributed by atoms with E-state index in [-0.39, 0.29) is 24.9 Å². The molecule has 0 aromatic heterocycles. The summed E-state index contributed by atoms with van der Waals surface area (Å²) >= 11 is 0. The summed E-state index contributed by atoms with van der Waals surface area (Å²) in [7, 11) is 6.34. The number of rotatable bonds is 7. The summed E-state index contributed by atoms with van der Waals surface area (Å²) in [6.45, 7) is -0.0948. The van der Waals surface area contributed by atoms with Crippen molar-refractivity contribution in [3.63, 3.8) is 0 Å². The number of allylic oxidation sites excluding steroid dienone is 1. The van der Waals surface area contributed by atoms with Gasteiger partial charge in [-0.15, -0.1) is 12.4 Å². The van der Waals surface area contributed by atoms with E-state index in [0.717, 1.165) is 35.1 Å². The maximum atomic E-state index is 12.0. The van der Waals surface area contributed by atoms with Crippen molar-refractivity contribution in [1.29, 1.82) is 0 Å². The fraction of sp³-hybridized carbons (Fsp3) is 0.318. The lowest BCUT2D eigenvalue weighted by Crippen LogP contribution is -2.23. The molecule has 162 valence electrons. The predicted octanol–water partition coefficient (Wildman–Crippen LogP) is 3.42. The third-order valence-electron chi connectivity index (χ3n) is 4.95. The van der Waals surface area contributed by atoms with E-state index in [1.165, 1.54) is 0 Å². The number of nitrogens with one attached hydrogen (secondary N) is 1. The lowest BCUT2D eigenvalue weighted by molar-refractivity contribution is -0.114. The molecule has 0 atom stereocenters. The summed E-state index contributed by atoms with van der Waals surface area (Å²) in [5.74, 6) is 2.05. The standard InChI is InChI=1S/C22H26N2O5.ClH/c1-26-17-9-8-15-14(6-5-7-16(15)21(17)24-20(25)12-23)13-10-18(27-2)22(29-4)19(11-13)28-3;/h6,8-11H,5,7,12,23H2,1-4H3,(H,24,25);1H. The fourth-order valence-corrected chi connectivity index (χ4v) is 3.62. The average molecular weight is 435 g/mol. The van der Waals surface area contributed by atoms with E-state index in [2.05, 4.69) is 11.4 Å². The Bertz CT molecular complexity index is 934. The second-order valence-corrected chi connectivity index (χ2v) is 6.49. The molecule has 8 heteroatoms. The van der Waals surface area contributed by atoms with Crippen LogP contribution < -0.4 is 30.0 Å². The Morgan fingerprint density at radius 1 is 1.00 bits per heavy atom. The molecule has 0 heterocycles. The molecule has 0 saturated carbocycles. The quantitative estimate of drug-likeness (QED) is 0.693. The van der Waals surface area contributed by atoms with Crippen LogP contribution in [0.4, 0.5) is 5.69 Å². The van der Waals surface area contributed by atoms with Crippen LogP contribution in [0.1, 0.15) is 23.1 Å². The normalized spacial score (nSPS) is 12.1. The summed E-state index contributed by atoms with van der Waals surface area (Å²) in [4.78, 5) is 12.0. The topological polar surface area (TPSA) is 92.0 Å². The van der Waals surface area contributed by atoms with Crippen LogP contribution in [0.5, 0.6) is 23.0 Å². The molecule has 0 unspecified atom stereocenters. The zero-order valence-corrected chi connectivity index (χ0v) is 18.4. The summed E-state index contributed by atoms with van der Waals surface area (Å²) in [6, 6.07) is 7.69. The zero-order chi connectivity index (χ0) is 21.0. The number of fused-ring (bicyclic) bond motifs is 1. The maximum Gasteiger partial charge on any atom is 0.238 e. The molecule has 0 saturated heterocycles. The Balaban J connectivity index is 0.00000320. The van der Waals surface area contributed by atoms with Crippen molar-refractivity contribution < 1.29 is 23.7 Å². The summed E-state index contributed by atoms with van der Waals surface area (Å²) in [5, 5.41) is 2.89. The van der Waals surface area contributed by atoms with Crippen molar-refractivity contribution in [2.24, 2.45) is 5.73 Å². The van der Waals surface area contributed by atoms with Gasteiger partial charge in [-0.05, 0) is 53.3 Å². The molecule has 30 heavy (non-hydrogen) atoms. The number of carbonyl (C=O) groups excluding carboxylic acids is 1. The first-order chi connectivity index (χ1) is 14.1. The number of ether oxygens (including phenoxy) is 4. The molecule has 1 aliphatic carbocycles. The fourth-order valence-electron chi connectivity index (χ4n) is 3.62. The van der Waals surface area contributed by atoms with Crippen LogP contribution in [-0.2, 0) is 11.2 Å². The second-order valence-electron chi connectivity index (χ2n) is 6.49. The summed E-state index contributed by atoms with van der Waals surface area (Å²) in [6.07, 6.45) is 3.77. The first-order valence-electron chi connectivity index (χ1n) is 9.28. The number of benzene rings is 2. The molecule has 3 N–H and O–H groups in total. The third-order valence-corrected chi connectivity index (χ3v) is 4.95. The maximum absolute atomic E-state index is 12.0. The van der Waals surface area contributed by atoms with Crippen molar-refractivity contribution in [3.05, 3.63) is 47.0 Å². The monoisotopic (exact) mass is 434 g/mol. The van der Waals surface area contributed by atoms with Crippen LogP contribution in [0.2, 0.25) is 0 Å². The van der Waals surface area contributed by atoms with Gasteiger partial charge in [-0.2, -0.15) is 0 Å². The lowest BCUT2D eigenvalue weighted by Gasteiger charge is -2.24. The van der Waals surface area contributed by atoms with Crippen molar-refractivity contribution in [1.82, 2.24) is 0 Å². The van der Waals surface area contributed by atoms with Crippen molar-refractivity contribution >= 4 is 29.6 Å². The molecule has 0 radical (unpaired) electrons. The van der Waals surface area contributed by atoms with Gasteiger partial charge in [-0.3, -0.25) is 4.79 Å². The smallest absolute Gasteiger partial charge is 0.238 e. The van der Waals surface area contributed by atoms with Crippen LogP contribution in [0.15, 0.2) is 30.3 Å². The Kier molecular flexibility index (Phi) is 7.97. The highest BCUT2D eigenvalue weighted by molar-refractivity contribution is 5.97. The van der Waals surface area contributed by atoms with Crippen LogP contribution in [0, 0.1) is 0 Å².